The fourth-order valence-electron chi connectivity index (χ4n) is 3.47. The highest BCUT2D eigenvalue weighted by Crippen LogP contribution is 2.39. The van der Waals surface area contributed by atoms with Gasteiger partial charge in [0.1, 0.15) is 11.4 Å². The summed E-state index contributed by atoms with van der Waals surface area (Å²) in [5.41, 5.74) is 0.530. The summed E-state index contributed by atoms with van der Waals surface area (Å²) in [4.78, 5) is 18.7. The quantitative estimate of drug-likeness (QED) is 0.852. The molecule has 2 fully saturated rings. The van der Waals surface area contributed by atoms with Crippen LogP contribution in [0.2, 0.25) is 0 Å². The largest absolute Gasteiger partial charge is 0.462 e. The van der Waals surface area contributed by atoms with E-state index in [0.717, 1.165) is 25.7 Å². The number of esters is 1. The number of rotatable bonds is 3. The molecule has 0 aliphatic carbocycles. The minimum atomic E-state index is -0.318. The van der Waals surface area contributed by atoms with E-state index in [4.69, 9.17) is 4.74 Å². The molecular weight excluding hydrogens is 256 g/mol. The lowest BCUT2D eigenvalue weighted by Crippen LogP contribution is -2.45. The van der Waals surface area contributed by atoms with Gasteiger partial charge in [0.15, 0.2) is 0 Å². The van der Waals surface area contributed by atoms with Crippen molar-refractivity contribution in [1.29, 1.82) is 0 Å². The van der Waals surface area contributed by atoms with E-state index in [9.17, 15) is 9.90 Å². The normalized spacial score (nSPS) is 28.5. The van der Waals surface area contributed by atoms with Crippen LogP contribution in [0.4, 0.5) is 5.82 Å². The summed E-state index contributed by atoms with van der Waals surface area (Å²) in [6.45, 7) is 2.16. The second-order valence-corrected chi connectivity index (χ2v) is 5.51. The van der Waals surface area contributed by atoms with Gasteiger partial charge in [0.2, 0.25) is 0 Å². The topological polar surface area (TPSA) is 62.7 Å². The van der Waals surface area contributed by atoms with Crippen LogP contribution in [0.1, 0.15) is 43.0 Å². The van der Waals surface area contributed by atoms with Crippen LogP contribution in [-0.4, -0.2) is 40.9 Å². The standard InChI is InChI=1S/C15H20N2O3/c1-2-20-15(19)13-4-3-7-16-14(13)17-10-5-6-11(17)9-12(18)8-10/h3-4,7,10-12,18H,2,5-6,8-9H2,1H3. The number of piperidine rings is 1. The summed E-state index contributed by atoms with van der Waals surface area (Å²) >= 11 is 0. The predicted octanol–water partition coefficient (Wildman–Crippen LogP) is 1.75. The van der Waals surface area contributed by atoms with Gasteiger partial charge in [0.05, 0.1) is 12.7 Å². The minimum Gasteiger partial charge on any atom is -0.462 e. The van der Waals surface area contributed by atoms with E-state index < -0.39 is 0 Å². The van der Waals surface area contributed by atoms with Gasteiger partial charge in [-0.15, -0.1) is 0 Å². The molecule has 3 heterocycles. The molecule has 0 aromatic carbocycles. The lowest BCUT2D eigenvalue weighted by atomic mass is 9.99. The van der Waals surface area contributed by atoms with Crippen molar-refractivity contribution in [2.75, 3.05) is 11.5 Å². The molecule has 20 heavy (non-hydrogen) atoms. The molecule has 0 saturated carbocycles. The molecule has 0 spiro atoms. The molecular formula is C15H20N2O3. The third-order valence-electron chi connectivity index (χ3n) is 4.23. The number of ether oxygens (including phenoxy) is 1. The molecule has 5 heteroatoms. The minimum absolute atomic E-state index is 0.224. The third kappa shape index (κ3) is 2.26. The number of aliphatic hydroxyl groups excluding tert-OH is 1. The van der Waals surface area contributed by atoms with Crippen LogP contribution in [0.25, 0.3) is 0 Å². The van der Waals surface area contributed by atoms with E-state index in [1.165, 1.54) is 0 Å². The van der Waals surface area contributed by atoms with Crippen molar-refractivity contribution in [3.63, 3.8) is 0 Å². The number of nitrogens with zero attached hydrogens (tertiary/aromatic N) is 2. The molecule has 2 aliphatic heterocycles. The van der Waals surface area contributed by atoms with Gasteiger partial charge >= 0.3 is 5.97 Å². The number of pyridine rings is 1. The van der Waals surface area contributed by atoms with Crippen molar-refractivity contribution in [1.82, 2.24) is 4.98 Å². The molecule has 2 unspecified atom stereocenters. The molecule has 0 amide bonds. The molecule has 3 rings (SSSR count). The number of hydrogen-bond acceptors (Lipinski definition) is 5. The molecule has 1 N–H and O–H groups in total. The summed E-state index contributed by atoms with van der Waals surface area (Å²) in [7, 11) is 0. The highest BCUT2D eigenvalue weighted by Gasteiger charge is 2.42. The summed E-state index contributed by atoms with van der Waals surface area (Å²) in [5.74, 6) is 0.395. The van der Waals surface area contributed by atoms with Gasteiger partial charge in [-0.3, -0.25) is 0 Å². The highest BCUT2D eigenvalue weighted by molar-refractivity contribution is 5.95. The Kier molecular flexibility index (Phi) is 3.61. The zero-order chi connectivity index (χ0) is 14.1. The number of hydrogen-bond donors (Lipinski definition) is 1. The Labute approximate surface area is 118 Å². The first-order valence-electron chi connectivity index (χ1n) is 7.29. The number of fused-ring (bicyclic) bond motifs is 2. The summed E-state index contributed by atoms with van der Waals surface area (Å²) in [6, 6.07) is 4.10. The lowest BCUT2D eigenvalue weighted by Gasteiger charge is -2.38. The van der Waals surface area contributed by atoms with Crippen molar-refractivity contribution in [2.24, 2.45) is 0 Å². The van der Waals surface area contributed by atoms with Crippen LogP contribution < -0.4 is 4.90 Å². The van der Waals surface area contributed by atoms with Crippen LogP contribution >= 0.6 is 0 Å². The molecule has 2 saturated heterocycles. The number of aliphatic hydroxyl groups is 1. The van der Waals surface area contributed by atoms with Crippen LogP contribution in [0, 0.1) is 0 Å². The third-order valence-corrected chi connectivity index (χ3v) is 4.23. The predicted molar refractivity (Wildman–Crippen MR) is 74.7 cm³/mol. The maximum Gasteiger partial charge on any atom is 0.341 e. The van der Waals surface area contributed by atoms with Crippen LogP contribution in [0.3, 0.4) is 0 Å². The van der Waals surface area contributed by atoms with E-state index in [2.05, 4.69) is 9.88 Å². The van der Waals surface area contributed by atoms with E-state index in [1.807, 2.05) is 0 Å². The molecule has 2 bridgehead atoms. The van der Waals surface area contributed by atoms with E-state index in [-0.39, 0.29) is 24.2 Å². The average Bonchev–Trinajstić information content (AvgIpc) is 2.71. The van der Waals surface area contributed by atoms with E-state index in [0.29, 0.717) is 18.0 Å². The Bertz CT molecular complexity index is 492. The van der Waals surface area contributed by atoms with Crippen LogP contribution in [0.15, 0.2) is 18.3 Å². The molecule has 1 aromatic heterocycles. The van der Waals surface area contributed by atoms with Gasteiger partial charge in [-0.1, -0.05) is 0 Å². The monoisotopic (exact) mass is 276 g/mol. The molecule has 0 radical (unpaired) electrons. The molecule has 2 atom stereocenters. The van der Waals surface area contributed by atoms with Gasteiger partial charge < -0.3 is 14.7 Å². The Hall–Kier alpha value is -1.62. The molecule has 2 aliphatic rings. The Morgan fingerprint density at radius 3 is 2.80 bits per heavy atom. The lowest BCUT2D eigenvalue weighted by molar-refractivity contribution is 0.0526. The molecule has 5 nitrogen and oxygen atoms in total. The Balaban J connectivity index is 1.93. The van der Waals surface area contributed by atoms with Crippen LogP contribution in [-0.2, 0) is 4.74 Å². The van der Waals surface area contributed by atoms with Crippen molar-refractivity contribution >= 4 is 11.8 Å². The fraction of sp³-hybridized carbons (Fsp3) is 0.600. The Morgan fingerprint density at radius 2 is 2.15 bits per heavy atom. The fourth-order valence-corrected chi connectivity index (χ4v) is 3.47. The Morgan fingerprint density at radius 1 is 1.45 bits per heavy atom. The number of aromatic nitrogens is 1. The smallest absolute Gasteiger partial charge is 0.341 e. The van der Waals surface area contributed by atoms with Gasteiger partial charge in [-0.25, -0.2) is 9.78 Å². The summed E-state index contributed by atoms with van der Waals surface area (Å²) < 4.78 is 5.12. The molecule has 1 aromatic rings. The van der Waals surface area contributed by atoms with Crippen molar-refractivity contribution in [2.45, 2.75) is 50.8 Å². The first-order chi connectivity index (χ1) is 9.70. The average molecular weight is 276 g/mol. The van der Waals surface area contributed by atoms with Gasteiger partial charge in [-0.05, 0) is 44.7 Å². The van der Waals surface area contributed by atoms with Gasteiger partial charge in [-0.2, -0.15) is 0 Å². The van der Waals surface area contributed by atoms with E-state index >= 15 is 0 Å². The van der Waals surface area contributed by atoms with Crippen LogP contribution in [0.5, 0.6) is 0 Å². The summed E-state index contributed by atoms with van der Waals surface area (Å²) in [5, 5.41) is 9.88. The maximum absolute atomic E-state index is 12.1. The first kappa shape index (κ1) is 13.4. The SMILES string of the molecule is CCOC(=O)c1cccnc1N1C2CCC1CC(O)C2. The van der Waals surface area contributed by atoms with Crippen molar-refractivity contribution < 1.29 is 14.6 Å². The number of carbonyl (C=O) groups excluding carboxylic acids is 1. The second kappa shape index (κ2) is 5.40. The second-order valence-electron chi connectivity index (χ2n) is 5.51. The number of carbonyl (C=O) groups is 1. The maximum atomic E-state index is 12.1. The van der Waals surface area contributed by atoms with Crippen molar-refractivity contribution in [3.05, 3.63) is 23.9 Å². The van der Waals surface area contributed by atoms with Gasteiger partial charge in [0.25, 0.3) is 0 Å². The zero-order valence-corrected chi connectivity index (χ0v) is 11.7. The summed E-state index contributed by atoms with van der Waals surface area (Å²) in [6.07, 6.45) is 5.12. The van der Waals surface area contributed by atoms with Gasteiger partial charge in [0, 0.05) is 18.3 Å². The zero-order valence-electron chi connectivity index (χ0n) is 11.7. The number of anilines is 1. The molecule has 108 valence electrons. The van der Waals surface area contributed by atoms with Crippen molar-refractivity contribution in [3.8, 4) is 0 Å². The highest BCUT2D eigenvalue weighted by atomic mass is 16.5. The first-order valence-corrected chi connectivity index (χ1v) is 7.29. The van der Waals surface area contributed by atoms with E-state index in [1.54, 1.807) is 25.3 Å².